The molecule has 0 saturated heterocycles. The molecule has 0 aromatic heterocycles. The summed E-state index contributed by atoms with van der Waals surface area (Å²) in [6.07, 6.45) is 3.75. The molecule has 1 aliphatic carbocycles. The molecule has 0 radical (unpaired) electrons. The Morgan fingerprint density at radius 2 is 2.00 bits per heavy atom. The van der Waals surface area contributed by atoms with E-state index in [4.69, 9.17) is 4.74 Å². The summed E-state index contributed by atoms with van der Waals surface area (Å²) in [4.78, 5) is 2.02. The minimum absolute atomic E-state index is 0.652. The first kappa shape index (κ1) is 9.53. The summed E-state index contributed by atoms with van der Waals surface area (Å²) in [5.41, 5.74) is 2.98. The van der Waals surface area contributed by atoms with Crippen LogP contribution in [0.25, 0.3) is 0 Å². The Balaban J connectivity index is 2.05. The van der Waals surface area contributed by atoms with Crippen molar-refractivity contribution in [3.63, 3.8) is 0 Å². The Bertz CT molecular complexity index is 320. The molecule has 0 spiro atoms. The van der Waals surface area contributed by atoms with E-state index in [-0.39, 0.29) is 0 Å². The van der Waals surface area contributed by atoms with Crippen molar-refractivity contribution in [3.05, 3.63) is 29.3 Å². The van der Waals surface area contributed by atoms with E-state index < -0.39 is 0 Å². The maximum absolute atomic E-state index is 5.62. The minimum atomic E-state index is 0.652. The smallest absolute Gasteiger partial charge is 0.141 e. The van der Waals surface area contributed by atoms with Crippen LogP contribution < -0.4 is 4.74 Å². The van der Waals surface area contributed by atoms with Gasteiger partial charge in [-0.25, -0.2) is 0 Å². The number of nitrogens with zero attached hydrogens (tertiary/aromatic N) is 1. The van der Waals surface area contributed by atoms with Gasteiger partial charge >= 0.3 is 0 Å². The van der Waals surface area contributed by atoms with E-state index in [1.54, 1.807) is 0 Å². The number of hydrogen-bond donors (Lipinski definition) is 0. The molecule has 2 rings (SSSR count). The third kappa shape index (κ3) is 2.07. The minimum Gasteiger partial charge on any atom is -0.478 e. The van der Waals surface area contributed by atoms with Crippen LogP contribution in [0.3, 0.4) is 0 Å². The number of rotatable bonds is 3. The van der Waals surface area contributed by atoms with Crippen molar-refractivity contribution < 1.29 is 4.74 Å². The van der Waals surface area contributed by atoms with E-state index in [2.05, 4.69) is 18.2 Å². The van der Waals surface area contributed by atoms with Gasteiger partial charge in [0, 0.05) is 0 Å². The maximum Gasteiger partial charge on any atom is 0.141 e. The highest BCUT2D eigenvalue weighted by Crippen LogP contribution is 2.25. The number of fused-ring (bicyclic) bond motifs is 1. The normalized spacial score (nSPS) is 14.5. The molecule has 1 aromatic carbocycles. The summed E-state index contributed by atoms with van der Waals surface area (Å²) < 4.78 is 5.62. The van der Waals surface area contributed by atoms with Crippen molar-refractivity contribution in [3.8, 4) is 5.75 Å². The van der Waals surface area contributed by atoms with Gasteiger partial charge in [0.1, 0.15) is 12.5 Å². The molecule has 1 aliphatic rings. The zero-order chi connectivity index (χ0) is 9.97. The first-order chi connectivity index (χ1) is 6.75. The van der Waals surface area contributed by atoms with E-state index >= 15 is 0 Å². The molecule has 76 valence electrons. The monoisotopic (exact) mass is 191 g/mol. The Morgan fingerprint density at radius 3 is 2.79 bits per heavy atom. The van der Waals surface area contributed by atoms with E-state index in [9.17, 15) is 0 Å². The van der Waals surface area contributed by atoms with Crippen LogP contribution in [0.15, 0.2) is 18.2 Å². The van der Waals surface area contributed by atoms with E-state index in [1.807, 2.05) is 19.0 Å². The maximum atomic E-state index is 5.62. The number of benzene rings is 1. The van der Waals surface area contributed by atoms with Gasteiger partial charge in [0.25, 0.3) is 0 Å². The van der Waals surface area contributed by atoms with Gasteiger partial charge in [0.2, 0.25) is 0 Å². The van der Waals surface area contributed by atoms with Crippen LogP contribution in [-0.2, 0) is 12.8 Å². The third-order valence-corrected chi connectivity index (χ3v) is 2.56. The summed E-state index contributed by atoms with van der Waals surface area (Å²) in [6.45, 7) is 0.652. The van der Waals surface area contributed by atoms with Gasteiger partial charge in [0.15, 0.2) is 0 Å². The molecule has 0 N–H and O–H groups in total. The van der Waals surface area contributed by atoms with Crippen LogP contribution in [0.4, 0.5) is 0 Å². The van der Waals surface area contributed by atoms with E-state index in [0.29, 0.717) is 6.73 Å². The molecule has 0 bridgehead atoms. The highest BCUT2D eigenvalue weighted by atomic mass is 16.5. The summed E-state index contributed by atoms with van der Waals surface area (Å²) >= 11 is 0. The Hall–Kier alpha value is -1.02. The van der Waals surface area contributed by atoms with Crippen LogP contribution in [-0.4, -0.2) is 25.7 Å². The molecule has 0 aliphatic heterocycles. The van der Waals surface area contributed by atoms with Crippen molar-refractivity contribution >= 4 is 0 Å². The Morgan fingerprint density at radius 1 is 1.21 bits per heavy atom. The standard InChI is InChI=1S/C12H17NO/c1-13(2)9-14-12-7-6-10-4-3-5-11(10)8-12/h6-8H,3-5,9H2,1-2H3. The lowest BCUT2D eigenvalue weighted by Crippen LogP contribution is -2.18. The van der Waals surface area contributed by atoms with E-state index in [0.717, 1.165) is 5.75 Å². The molecule has 0 amide bonds. The molecule has 0 heterocycles. The molecule has 2 nitrogen and oxygen atoms in total. The molecule has 0 atom stereocenters. The summed E-state index contributed by atoms with van der Waals surface area (Å²) in [6, 6.07) is 6.47. The van der Waals surface area contributed by atoms with Gasteiger partial charge in [-0.2, -0.15) is 0 Å². The molecule has 0 fully saturated rings. The second-order valence-electron chi connectivity index (χ2n) is 4.14. The number of aryl methyl sites for hydroxylation is 2. The summed E-state index contributed by atoms with van der Waals surface area (Å²) in [7, 11) is 4.01. The fraction of sp³-hybridized carbons (Fsp3) is 0.500. The van der Waals surface area contributed by atoms with Crippen molar-refractivity contribution in [2.75, 3.05) is 20.8 Å². The topological polar surface area (TPSA) is 12.5 Å². The predicted molar refractivity (Wildman–Crippen MR) is 57.6 cm³/mol. The van der Waals surface area contributed by atoms with Crippen LogP contribution in [0.5, 0.6) is 5.75 Å². The highest BCUT2D eigenvalue weighted by molar-refractivity contribution is 5.38. The van der Waals surface area contributed by atoms with Gasteiger partial charge in [-0.05, 0) is 56.6 Å². The molecule has 0 saturated carbocycles. The number of hydrogen-bond acceptors (Lipinski definition) is 2. The lowest BCUT2D eigenvalue weighted by atomic mass is 10.1. The fourth-order valence-electron chi connectivity index (χ4n) is 1.84. The SMILES string of the molecule is CN(C)COc1ccc2c(c1)CCC2. The quantitative estimate of drug-likeness (QED) is 0.678. The van der Waals surface area contributed by atoms with Gasteiger partial charge in [-0.1, -0.05) is 6.07 Å². The Kier molecular flexibility index (Phi) is 2.73. The summed E-state index contributed by atoms with van der Waals surface area (Å²) in [5.74, 6) is 0.999. The zero-order valence-electron chi connectivity index (χ0n) is 8.92. The number of ether oxygens (including phenoxy) is 1. The average molecular weight is 191 g/mol. The largest absolute Gasteiger partial charge is 0.478 e. The highest BCUT2D eigenvalue weighted by Gasteiger charge is 2.10. The van der Waals surface area contributed by atoms with Crippen LogP contribution in [0, 0.1) is 0 Å². The van der Waals surface area contributed by atoms with Crippen molar-refractivity contribution in [1.29, 1.82) is 0 Å². The van der Waals surface area contributed by atoms with Crippen molar-refractivity contribution in [1.82, 2.24) is 4.90 Å². The van der Waals surface area contributed by atoms with Crippen LogP contribution in [0.1, 0.15) is 17.5 Å². The Labute approximate surface area is 85.5 Å². The van der Waals surface area contributed by atoms with Gasteiger partial charge in [-0.15, -0.1) is 0 Å². The van der Waals surface area contributed by atoms with Gasteiger partial charge < -0.3 is 4.74 Å². The summed E-state index contributed by atoms with van der Waals surface area (Å²) in [5, 5.41) is 0. The van der Waals surface area contributed by atoms with Crippen molar-refractivity contribution in [2.45, 2.75) is 19.3 Å². The molecular weight excluding hydrogens is 174 g/mol. The second-order valence-corrected chi connectivity index (χ2v) is 4.14. The van der Waals surface area contributed by atoms with Gasteiger partial charge in [0.05, 0.1) is 0 Å². The molecular formula is C12H17NO. The van der Waals surface area contributed by atoms with Crippen molar-refractivity contribution in [2.24, 2.45) is 0 Å². The average Bonchev–Trinajstić information content (AvgIpc) is 2.61. The molecule has 2 heteroatoms. The predicted octanol–water partition coefficient (Wildman–Crippen LogP) is 2.07. The molecule has 14 heavy (non-hydrogen) atoms. The first-order valence-electron chi connectivity index (χ1n) is 5.15. The fourth-order valence-corrected chi connectivity index (χ4v) is 1.84. The first-order valence-corrected chi connectivity index (χ1v) is 5.15. The lowest BCUT2D eigenvalue weighted by Gasteiger charge is -2.12. The van der Waals surface area contributed by atoms with Crippen LogP contribution in [0.2, 0.25) is 0 Å². The second kappa shape index (κ2) is 4.01. The van der Waals surface area contributed by atoms with Crippen LogP contribution >= 0.6 is 0 Å². The van der Waals surface area contributed by atoms with E-state index in [1.165, 1.54) is 30.4 Å². The molecule has 1 aromatic rings. The molecule has 0 unspecified atom stereocenters. The lowest BCUT2D eigenvalue weighted by molar-refractivity contribution is 0.179. The third-order valence-electron chi connectivity index (χ3n) is 2.56. The zero-order valence-corrected chi connectivity index (χ0v) is 8.92. The van der Waals surface area contributed by atoms with Gasteiger partial charge in [-0.3, -0.25) is 4.90 Å².